The predicted octanol–water partition coefficient (Wildman–Crippen LogP) is 2.94. The Morgan fingerprint density at radius 1 is 1.17 bits per heavy atom. The molecule has 0 spiro atoms. The van der Waals surface area contributed by atoms with E-state index in [9.17, 15) is 0 Å². The van der Waals surface area contributed by atoms with Crippen molar-refractivity contribution in [2.45, 2.75) is 25.4 Å². The van der Waals surface area contributed by atoms with Crippen LogP contribution in [0.4, 0.5) is 0 Å². The molecule has 5 heteroatoms. The molecule has 23 heavy (non-hydrogen) atoms. The molecule has 3 aromatic rings. The van der Waals surface area contributed by atoms with Gasteiger partial charge in [-0.1, -0.05) is 18.2 Å². The van der Waals surface area contributed by atoms with Crippen LogP contribution in [-0.2, 0) is 13.6 Å². The molecule has 1 aliphatic rings. The van der Waals surface area contributed by atoms with Gasteiger partial charge in [-0.2, -0.15) is 10.2 Å². The summed E-state index contributed by atoms with van der Waals surface area (Å²) in [7, 11) is 1.98. The van der Waals surface area contributed by atoms with Gasteiger partial charge in [-0.15, -0.1) is 0 Å². The lowest BCUT2D eigenvalue weighted by molar-refractivity contribution is 0.245. The van der Waals surface area contributed by atoms with Crippen LogP contribution in [0.5, 0.6) is 0 Å². The number of benzene rings is 1. The summed E-state index contributed by atoms with van der Waals surface area (Å²) in [5, 5.41) is 9.05. The van der Waals surface area contributed by atoms with Crippen LogP contribution in [-0.4, -0.2) is 31.0 Å². The minimum Gasteiger partial charge on any atom is -0.290 e. The summed E-state index contributed by atoms with van der Waals surface area (Å²) in [6.07, 6.45) is 8.60. The van der Waals surface area contributed by atoms with E-state index >= 15 is 0 Å². The van der Waals surface area contributed by atoms with Gasteiger partial charge in [0.15, 0.2) is 0 Å². The number of nitrogens with zero attached hydrogens (tertiary/aromatic N) is 5. The molecule has 0 bridgehead atoms. The van der Waals surface area contributed by atoms with Gasteiger partial charge in [0, 0.05) is 37.6 Å². The Kier molecular flexibility index (Phi) is 3.71. The van der Waals surface area contributed by atoms with Crippen LogP contribution in [0.15, 0.2) is 55.0 Å². The second kappa shape index (κ2) is 6.01. The average Bonchev–Trinajstić information content (AvgIpc) is 3.29. The molecule has 0 amide bonds. The Morgan fingerprint density at radius 2 is 2.04 bits per heavy atom. The minimum atomic E-state index is 0.463. The van der Waals surface area contributed by atoms with Crippen LogP contribution >= 0.6 is 0 Å². The van der Waals surface area contributed by atoms with Crippen molar-refractivity contribution < 1.29 is 0 Å². The Labute approximate surface area is 136 Å². The van der Waals surface area contributed by atoms with Gasteiger partial charge in [0.1, 0.15) is 0 Å². The van der Waals surface area contributed by atoms with Gasteiger partial charge in [-0.05, 0) is 37.6 Å². The third-order valence-corrected chi connectivity index (χ3v) is 4.50. The molecule has 2 aromatic heterocycles. The van der Waals surface area contributed by atoms with E-state index in [1.54, 1.807) is 0 Å². The second-order valence-electron chi connectivity index (χ2n) is 6.16. The van der Waals surface area contributed by atoms with Crippen LogP contribution in [0, 0.1) is 0 Å². The zero-order chi connectivity index (χ0) is 15.6. The summed E-state index contributed by atoms with van der Waals surface area (Å²) in [6.45, 7) is 2.01. The van der Waals surface area contributed by atoms with Crippen LogP contribution in [0.2, 0.25) is 0 Å². The number of aryl methyl sites for hydroxylation is 1. The first-order chi connectivity index (χ1) is 11.3. The quantitative estimate of drug-likeness (QED) is 0.744. The van der Waals surface area contributed by atoms with Gasteiger partial charge in [0.05, 0.1) is 17.6 Å². The summed E-state index contributed by atoms with van der Waals surface area (Å²) in [6, 6.07) is 12.8. The topological polar surface area (TPSA) is 38.9 Å². The van der Waals surface area contributed by atoms with Crippen LogP contribution in [0.3, 0.4) is 0 Å². The van der Waals surface area contributed by atoms with E-state index in [0.29, 0.717) is 6.04 Å². The fourth-order valence-electron chi connectivity index (χ4n) is 3.38. The Bertz CT molecular complexity index is 774. The summed E-state index contributed by atoms with van der Waals surface area (Å²) < 4.78 is 3.83. The van der Waals surface area contributed by atoms with E-state index in [-0.39, 0.29) is 0 Å². The molecule has 5 nitrogen and oxygen atoms in total. The molecule has 1 aliphatic heterocycles. The standard InChI is InChI=1S/C18H21N5/c1-21-13-15(12-19-21)18-8-5-10-22(18)14-16-9-11-23(20-16)17-6-3-2-4-7-17/h2-4,6-7,9,11-13,18H,5,8,10,14H2,1H3/t18-/m0/s1. The van der Waals surface area contributed by atoms with E-state index in [0.717, 1.165) is 24.5 Å². The third-order valence-electron chi connectivity index (χ3n) is 4.50. The molecule has 0 aliphatic carbocycles. The van der Waals surface area contributed by atoms with Crippen molar-refractivity contribution in [1.29, 1.82) is 0 Å². The average molecular weight is 307 g/mol. The van der Waals surface area contributed by atoms with Crippen molar-refractivity contribution in [2.24, 2.45) is 7.05 Å². The maximum absolute atomic E-state index is 4.73. The van der Waals surface area contributed by atoms with E-state index in [1.165, 1.54) is 18.4 Å². The molecule has 1 fully saturated rings. The van der Waals surface area contributed by atoms with Crippen molar-refractivity contribution in [1.82, 2.24) is 24.5 Å². The molecule has 1 saturated heterocycles. The van der Waals surface area contributed by atoms with Crippen molar-refractivity contribution >= 4 is 0 Å². The Balaban J connectivity index is 1.50. The first-order valence-corrected chi connectivity index (χ1v) is 8.12. The van der Waals surface area contributed by atoms with Gasteiger partial charge in [0.25, 0.3) is 0 Å². The fraction of sp³-hybridized carbons (Fsp3) is 0.333. The normalized spacial score (nSPS) is 18.6. The monoisotopic (exact) mass is 307 g/mol. The first kappa shape index (κ1) is 14.2. The van der Waals surface area contributed by atoms with Crippen LogP contribution in [0.1, 0.15) is 30.1 Å². The first-order valence-electron chi connectivity index (χ1n) is 8.12. The summed E-state index contributed by atoms with van der Waals surface area (Å²) >= 11 is 0. The lowest BCUT2D eigenvalue weighted by atomic mass is 10.1. The number of hydrogen-bond acceptors (Lipinski definition) is 3. The van der Waals surface area contributed by atoms with E-state index in [1.807, 2.05) is 47.0 Å². The second-order valence-corrected chi connectivity index (χ2v) is 6.16. The molecule has 1 aromatic carbocycles. The Hall–Kier alpha value is -2.40. The van der Waals surface area contributed by atoms with Gasteiger partial charge in [-0.25, -0.2) is 4.68 Å². The zero-order valence-corrected chi connectivity index (χ0v) is 13.3. The van der Waals surface area contributed by atoms with Gasteiger partial charge < -0.3 is 0 Å². The summed E-state index contributed by atoms with van der Waals surface area (Å²) in [4.78, 5) is 2.51. The molecular weight excluding hydrogens is 286 g/mol. The highest BCUT2D eigenvalue weighted by atomic mass is 15.3. The van der Waals surface area contributed by atoms with Crippen molar-refractivity contribution in [3.05, 3.63) is 66.2 Å². The maximum Gasteiger partial charge on any atom is 0.0769 e. The summed E-state index contributed by atoms with van der Waals surface area (Å²) in [5.74, 6) is 0. The predicted molar refractivity (Wildman–Crippen MR) is 89.2 cm³/mol. The molecule has 0 saturated carbocycles. The number of aromatic nitrogens is 4. The fourth-order valence-corrected chi connectivity index (χ4v) is 3.38. The van der Waals surface area contributed by atoms with Gasteiger partial charge in [0.2, 0.25) is 0 Å². The van der Waals surface area contributed by atoms with Crippen molar-refractivity contribution in [2.75, 3.05) is 6.54 Å². The van der Waals surface area contributed by atoms with Crippen LogP contribution < -0.4 is 0 Å². The number of para-hydroxylation sites is 1. The van der Waals surface area contributed by atoms with Gasteiger partial charge in [-0.3, -0.25) is 9.58 Å². The molecular formula is C18H21N5. The van der Waals surface area contributed by atoms with Crippen LogP contribution in [0.25, 0.3) is 5.69 Å². The molecule has 1 atom stereocenters. The number of likely N-dealkylation sites (tertiary alicyclic amines) is 1. The van der Waals surface area contributed by atoms with Crippen molar-refractivity contribution in [3.8, 4) is 5.69 Å². The van der Waals surface area contributed by atoms with E-state index in [2.05, 4.69) is 34.4 Å². The molecule has 0 radical (unpaired) electrons. The smallest absolute Gasteiger partial charge is 0.0769 e. The largest absolute Gasteiger partial charge is 0.290 e. The molecule has 0 unspecified atom stereocenters. The summed E-state index contributed by atoms with van der Waals surface area (Å²) in [5.41, 5.74) is 3.53. The number of hydrogen-bond donors (Lipinski definition) is 0. The minimum absolute atomic E-state index is 0.463. The lowest BCUT2D eigenvalue weighted by Gasteiger charge is -2.22. The highest BCUT2D eigenvalue weighted by Crippen LogP contribution is 2.32. The van der Waals surface area contributed by atoms with E-state index < -0.39 is 0 Å². The lowest BCUT2D eigenvalue weighted by Crippen LogP contribution is -2.22. The molecule has 3 heterocycles. The van der Waals surface area contributed by atoms with Crippen molar-refractivity contribution in [3.63, 3.8) is 0 Å². The number of rotatable bonds is 4. The zero-order valence-electron chi connectivity index (χ0n) is 13.3. The van der Waals surface area contributed by atoms with E-state index in [4.69, 9.17) is 5.10 Å². The molecule has 4 rings (SSSR count). The maximum atomic E-state index is 4.73. The highest BCUT2D eigenvalue weighted by molar-refractivity contribution is 5.30. The SMILES string of the molecule is Cn1cc([C@@H]2CCCN2Cc2ccn(-c3ccccc3)n2)cn1. The Morgan fingerprint density at radius 3 is 2.83 bits per heavy atom. The third kappa shape index (κ3) is 2.92. The van der Waals surface area contributed by atoms with Gasteiger partial charge >= 0.3 is 0 Å². The molecule has 0 N–H and O–H groups in total. The highest BCUT2D eigenvalue weighted by Gasteiger charge is 2.27. The molecule has 118 valence electrons.